The van der Waals surface area contributed by atoms with Gasteiger partial charge in [0.2, 0.25) is 5.91 Å². The average Bonchev–Trinajstić information content (AvgIpc) is 2.46. The van der Waals surface area contributed by atoms with Crippen LogP contribution in [0.15, 0.2) is 18.2 Å². The summed E-state index contributed by atoms with van der Waals surface area (Å²) in [7, 11) is 0. The Hall–Kier alpha value is -1.88. The summed E-state index contributed by atoms with van der Waals surface area (Å²) in [5, 5.41) is 8.15. The molecule has 23 heavy (non-hydrogen) atoms. The van der Waals surface area contributed by atoms with Gasteiger partial charge in [0.25, 0.3) is 5.91 Å². The first kappa shape index (κ1) is 16.0. The minimum Gasteiger partial charge on any atom is -0.342 e. The number of fused-ring (bicyclic) bond motifs is 1. The number of benzene rings is 1. The van der Waals surface area contributed by atoms with Crippen molar-refractivity contribution in [2.45, 2.75) is 64.1 Å². The van der Waals surface area contributed by atoms with Gasteiger partial charge in [0, 0.05) is 12.1 Å². The molecule has 3 atom stereocenters. The van der Waals surface area contributed by atoms with Crippen LogP contribution in [-0.2, 0) is 9.59 Å². The zero-order chi connectivity index (χ0) is 16.4. The Kier molecular flexibility index (Phi) is 4.66. The first-order chi connectivity index (χ1) is 11.0. The van der Waals surface area contributed by atoms with Gasteiger partial charge in [-0.2, -0.15) is 0 Å². The lowest BCUT2D eigenvalue weighted by Gasteiger charge is -2.37. The van der Waals surface area contributed by atoms with Crippen molar-refractivity contribution in [1.82, 2.24) is 5.32 Å². The van der Waals surface area contributed by atoms with Crippen LogP contribution in [0.1, 0.15) is 43.2 Å². The molecule has 2 amide bonds. The summed E-state index contributed by atoms with van der Waals surface area (Å²) in [6.45, 7) is 4.02. The van der Waals surface area contributed by atoms with E-state index < -0.39 is 0 Å². The molecule has 2 aliphatic rings. The molecule has 4 N–H and O–H groups in total. The van der Waals surface area contributed by atoms with E-state index in [0.29, 0.717) is 6.04 Å². The Morgan fingerprint density at radius 1 is 1.22 bits per heavy atom. The molecule has 0 spiro atoms. The molecule has 5 heteroatoms. The summed E-state index contributed by atoms with van der Waals surface area (Å²) < 4.78 is 0. The second-order valence-electron chi connectivity index (χ2n) is 6.99. The zero-order valence-corrected chi connectivity index (χ0v) is 13.9. The SMILES string of the molecule is Cc1cc(C)cc(NC(=O)C[C@H]2[NH2+][C@H]3CCCC[C@@H]3NC2=O)c1. The number of nitrogens with two attached hydrogens (primary N) is 1. The molecule has 1 saturated carbocycles. The molecule has 3 rings (SSSR count). The molecular weight excluding hydrogens is 290 g/mol. The number of anilines is 1. The van der Waals surface area contributed by atoms with Crippen LogP contribution in [0.3, 0.4) is 0 Å². The summed E-state index contributed by atoms with van der Waals surface area (Å²) in [5.74, 6) is -0.0932. The van der Waals surface area contributed by atoms with Crippen molar-refractivity contribution < 1.29 is 14.9 Å². The number of carbonyl (C=O) groups excluding carboxylic acids is 2. The van der Waals surface area contributed by atoms with E-state index in [4.69, 9.17) is 0 Å². The molecule has 1 heterocycles. The van der Waals surface area contributed by atoms with Crippen LogP contribution >= 0.6 is 0 Å². The van der Waals surface area contributed by atoms with Crippen molar-refractivity contribution in [2.75, 3.05) is 5.32 Å². The molecule has 0 unspecified atom stereocenters. The fourth-order valence-electron chi connectivity index (χ4n) is 3.86. The van der Waals surface area contributed by atoms with E-state index >= 15 is 0 Å². The fourth-order valence-corrected chi connectivity index (χ4v) is 3.86. The van der Waals surface area contributed by atoms with Gasteiger partial charge in [0.05, 0.1) is 12.5 Å². The molecule has 5 nitrogen and oxygen atoms in total. The van der Waals surface area contributed by atoms with E-state index in [-0.39, 0.29) is 30.3 Å². The second kappa shape index (κ2) is 6.71. The quantitative estimate of drug-likeness (QED) is 0.778. The third-order valence-corrected chi connectivity index (χ3v) is 4.87. The Labute approximate surface area is 137 Å². The zero-order valence-electron chi connectivity index (χ0n) is 13.9. The summed E-state index contributed by atoms with van der Waals surface area (Å²) in [6, 6.07) is 6.39. The fraction of sp³-hybridized carbons (Fsp3) is 0.556. The highest BCUT2D eigenvalue weighted by molar-refractivity contribution is 5.95. The van der Waals surface area contributed by atoms with Crippen molar-refractivity contribution in [1.29, 1.82) is 0 Å². The van der Waals surface area contributed by atoms with Crippen LogP contribution in [0.2, 0.25) is 0 Å². The molecule has 1 aliphatic heterocycles. The Morgan fingerprint density at radius 2 is 1.91 bits per heavy atom. The number of aryl methyl sites for hydroxylation is 2. The number of piperazine rings is 1. The van der Waals surface area contributed by atoms with Crippen LogP contribution in [0.5, 0.6) is 0 Å². The van der Waals surface area contributed by atoms with Crippen molar-refractivity contribution in [3.05, 3.63) is 29.3 Å². The van der Waals surface area contributed by atoms with Crippen LogP contribution in [0.4, 0.5) is 5.69 Å². The van der Waals surface area contributed by atoms with Crippen LogP contribution < -0.4 is 16.0 Å². The first-order valence-electron chi connectivity index (χ1n) is 8.55. The van der Waals surface area contributed by atoms with E-state index in [2.05, 4.69) is 22.0 Å². The van der Waals surface area contributed by atoms with Gasteiger partial charge in [0.1, 0.15) is 6.04 Å². The number of nitrogens with one attached hydrogen (secondary N) is 2. The van der Waals surface area contributed by atoms with Gasteiger partial charge >= 0.3 is 0 Å². The summed E-state index contributed by atoms with van der Waals surface area (Å²) in [6.07, 6.45) is 4.82. The van der Waals surface area contributed by atoms with Gasteiger partial charge < -0.3 is 16.0 Å². The molecule has 1 aromatic carbocycles. The smallest absolute Gasteiger partial charge is 0.279 e. The average molecular weight is 316 g/mol. The van der Waals surface area contributed by atoms with Crippen LogP contribution in [0.25, 0.3) is 0 Å². The molecular formula is C18H26N3O2+. The normalized spacial score (nSPS) is 27.0. The van der Waals surface area contributed by atoms with E-state index in [1.807, 2.05) is 26.0 Å². The minimum atomic E-state index is -0.305. The molecule has 0 aromatic heterocycles. The molecule has 1 saturated heterocycles. The highest BCUT2D eigenvalue weighted by Crippen LogP contribution is 2.19. The lowest BCUT2D eigenvalue weighted by atomic mass is 9.87. The number of amides is 2. The van der Waals surface area contributed by atoms with E-state index in [9.17, 15) is 9.59 Å². The number of hydrogen-bond acceptors (Lipinski definition) is 2. The van der Waals surface area contributed by atoms with Gasteiger partial charge in [-0.15, -0.1) is 0 Å². The van der Waals surface area contributed by atoms with Crippen LogP contribution in [-0.4, -0.2) is 29.9 Å². The number of rotatable bonds is 3. The second-order valence-corrected chi connectivity index (χ2v) is 6.99. The highest BCUT2D eigenvalue weighted by atomic mass is 16.2. The molecule has 0 radical (unpaired) electrons. The van der Waals surface area contributed by atoms with Crippen molar-refractivity contribution in [3.8, 4) is 0 Å². The lowest BCUT2D eigenvalue weighted by Crippen LogP contribution is -3.03. The maximum Gasteiger partial charge on any atom is 0.279 e. The lowest BCUT2D eigenvalue weighted by molar-refractivity contribution is -0.718. The standard InChI is InChI=1S/C18H25N3O2/c1-11-7-12(2)9-13(8-11)19-17(22)10-16-18(23)21-15-6-4-3-5-14(15)20-16/h7-9,14-16,20H,3-6,10H2,1-2H3,(H,19,22)(H,21,23)/p+1/t14-,15-,16+/m0/s1. The molecule has 1 aromatic rings. The summed E-state index contributed by atoms with van der Waals surface area (Å²) >= 11 is 0. The molecule has 124 valence electrons. The van der Waals surface area contributed by atoms with Gasteiger partial charge in [0.15, 0.2) is 6.04 Å². The van der Waals surface area contributed by atoms with Crippen LogP contribution in [0, 0.1) is 13.8 Å². The maximum absolute atomic E-state index is 12.3. The highest BCUT2D eigenvalue weighted by Gasteiger charge is 2.40. The Morgan fingerprint density at radius 3 is 2.65 bits per heavy atom. The minimum absolute atomic E-state index is 0.00345. The largest absolute Gasteiger partial charge is 0.342 e. The topological polar surface area (TPSA) is 74.8 Å². The van der Waals surface area contributed by atoms with Gasteiger partial charge in [-0.05, 0) is 49.9 Å². The molecule has 1 aliphatic carbocycles. The van der Waals surface area contributed by atoms with E-state index in [1.165, 1.54) is 12.8 Å². The Balaban J connectivity index is 1.59. The monoisotopic (exact) mass is 316 g/mol. The predicted octanol–water partition coefficient (Wildman–Crippen LogP) is 1.01. The Bertz CT molecular complexity index is 594. The van der Waals surface area contributed by atoms with E-state index in [1.54, 1.807) is 0 Å². The van der Waals surface area contributed by atoms with Crippen molar-refractivity contribution in [2.24, 2.45) is 0 Å². The maximum atomic E-state index is 12.3. The van der Waals surface area contributed by atoms with Gasteiger partial charge in [-0.1, -0.05) is 12.5 Å². The molecule has 0 bridgehead atoms. The number of carbonyl (C=O) groups is 2. The van der Waals surface area contributed by atoms with E-state index in [0.717, 1.165) is 29.7 Å². The predicted molar refractivity (Wildman–Crippen MR) is 89.1 cm³/mol. The number of quaternary nitrogens is 1. The summed E-state index contributed by atoms with van der Waals surface area (Å²) in [5.41, 5.74) is 3.04. The first-order valence-corrected chi connectivity index (χ1v) is 8.55. The molecule has 2 fully saturated rings. The van der Waals surface area contributed by atoms with Gasteiger partial charge in [-0.3, -0.25) is 9.59 Å². The third-order valence-electron chi connectivity index (χ3n) is 4.87. The summed E-state index contributed by atoms with van der Waals surface area (Å²) in [4.78, 5) is 24.5. The number of hydrogen-bond donors (Lipinski definition) is 3. The third kappa shape index (κ3) is 3.91. The van der Waals surface area contributed by atoms with Crippen molar-refractivity contribution in [3.63, 3.8) is 0 Å². The van der Waals surface area contributed by atoms with Gasteiger partial charge in [-0.25, -0.2) is 0 Å². The van der Waals surface area contributed by atoms with Crippen molar-refractivity contribution >= 4 is 17.5 Å².